The summed E-state index contributed by atoms with van der Waals surface area (Å²) in [5.74, 6) is 0.840. The monoisotopic (exact) mass is 479 g/mol. The number of nitrogens with zero attached hydrogens (tertiary/aromatic N) is 1. The third-order valence-electron chi connectivity index (χ3n) is 6.35. The van der Waals surface area contributed by atoms with Gasteiger partial charge in [-0.2, -0.15) is 5.48 Å². The molecule has 0 saturated carbocycles. The molecule has 6 heteroatoms. The fraction of sp³-hybridized carbons (Fsp3) is 0.786. The van der Waals surface area contributed by atoms with Crippen molar-refractivity contribution in [2.24, 2.45) is 16.6 Å². The van der Waals surface area contributed by atoms with Crippen molar-refractivity contribution in [2.75, 3.05) is 40.0 Å². The van der Waals surface area contributed by atoms with E-state index in [0.29, 0.717) is 0 Å². The minimum Gasteiger partial charge on any atom is -0.466 e. The Kier molecular flexibility index (Phi) is 12.0. The highest BCUT2D eigenvalue weighted by Gasteiger charge is 2.21. The molecule has 6 nitrogen and oxygen atoms in total. The van der Waals surface area contributed by atoms with Crippen LogP contribution in [0.3, 0.4) is 0 Å². The quantitative estimate of drug-likeness (QED) is 0.189. The molecule has 3 N–H and O–H groups in total. The highest BCUT2D eigenvalue weighted by Crippen LogP contribution is 2.31. The van der Waals surface area contributed by atoms with Crippen molar-refractivity contribution in [1.82, 2.24) is 10.4 Å². The summed E-state index contributed by atoms with van der Waals surface area (Å²) in [4.78, 5) is 8.00. The van der Waals surface area contributed by atoms with Gasteiger partial charge in [-0.3, -0.25) is 4.84 Å². The van der Waals surface area contributed by atoms with Gasteiger partial charge in [0.15, 0.2) is 0 Å². The predicted molar refractivity (Wildman–Crippen MR) is 143 cm³/mol. The van der Waals surface area contributed by atoms with E-state index < -0.39 is 0 Å². The summed E-state index contributed by atoms with van der Waals surface area (Å²) in [6, 6.07) is 4.23. The van der Waals surface area contributed by atoms with Crippen molar-refractivity contribution in [3.05, 3.63) is 28.8 Å². The van der Waals surface area contributed by atoms with Crippen LogP contribution in [0.1, 0.15) is 91.0 Å². The molecule has 0 fully saturated rings. The van der Waals surface area contributed by atoms with Crippen molar-refractivity contribution in [3.8, 4) is 5.75 Å². The second-order valence-corrected chi connectivity index (χ2v) is 12.4. The molecule has 1 rings (SSSR count). The van der Waals surface area contributed by atoms with E-state index >= 15 is 0 Å². The molecule has 0 radical (unpaired) electrons. The molecule has 0 aliphatic rings. The number of hydrogen-bond acceptors (Lipinski definition) is 6. The topological polar surface area (TPSA) is 69.0 Å². The Labute approximate surface area is 209 Å². The van der Waals surface area contributed by atoms with Crippen LogP contribution in [-0.2, 0) is 9.57 Å². The highest BCUT2D eigenvalue weighted by molar-refractivity contribution is 5.42. The molecular formula is C28H53N3O3. The second kappa shape index (κ2) is 13.2. The van der Waals surface area contributed by atoms with Gasteiger partial charge in [-0.1, -0.05) is 27.7 Å². The van der Waals surface area contributed by atoms with E-state index in [1.807, 2.05) is 0 Å². The lowest BCUT2D eigenvalue weighted by molar-refractivity contribution is -0.0589. The molecule has 0 aliphatic heterocycles. The third kappa shape index (κ3) is 12.0. The van der Waals surface area contributed by atoms with Crippen molar-refractivity contribution < 1.29 is 14.3 Å². The van der Waals surface area contributed by atoms with Crippen LogP contribution in [0.2, 0.25) is 0 Å². The molecule has 0 saturated heterocycles. The molecule has 0 amide bonds. The molecule has 1 unspecified atom stereocenters. The van der Waals surface area contributed by atoms with Crippen LogP contribution in [0.5, 0.6) is 5.75 Å². The van der Waals surface area contributed by atoms with Gasteiger partial charge in [-0.15, -0.1) is 0 Å². The van der Waals surface area contributed by atoms with Crippen molar-refractivity contribution in [2.45, 2.75) is 93.8 Å². The Hall–Kier alpha value is -1.18. The minimum atomic E-state index is -0.182. The van der Waals surface area contributed by atoms with Crippen LogP contribution in [0, 0.1) is 24.7 Å². The summed E-state index contributed by atoms with van der Waals surface area (Å²) in [5.41, 5.74) is 12.5. The first-order chi connectivity index (χ1) is 15.6. The molecule has 0 heterocycles. The van der Waals surface area contributed by atoms with Crippen molar-refractivity contribution in [1.29, 1.82) is 0 Å². The van der Waals surface area contributed by atoms with Gasteiger partial charge in [0.2, 0.25) is 6.79 Å². The van der Waals surface area contributed by atoms with E-state index in [9.17, 15) is 0 Å². The maximum absolute atomic E-state index is 6.13. The number of nitrogens with one attached hydrogen (secondary N) is 1. The summed E-state index contributed by atoms with van der Waals surface area (Å²) in [5, 5.41) is 0. The Balaban J connectivity index is 2.42. The SMILES string of the molecule is Cc1cc(C(C)OC(C)(C)C)c(C)cc1OCONCC(C)(C)CCN(C)CCC(C)(C)CN. The molecule has 0 spiro atoms. The van der Waals surface area contributed by atoms with Crippen molar-refractivity contribution in [3.63, 3.8) is 0 Å². The molecule has 34 heavy (non-hydrogen) atoms. The maximum atomic E-state index is 6.13. The van der Waals surface area contributed by atoms with Crippen molar-refractivity contribution >= 4 is 0 Å². The van der Waals surface area contributed by atoms with Crippen LogP contribution in [0.25, 0.3) is 0 Å². The number of nitrogens with two attached hydrogens (primary N) is 1. The summed E-state index contributed by atoms with van der Waals surface area (Å²) in [6.45, 7) is 25.2. The predicted octanol–water partition coefficient (Wildman–Crippen LogP) is 5.76. The van der Waals surface area contributed by atoms with Crippen LogP contribution < -0.4 is 16.0 Å². The second-order valence-electron chi connectivity index (χ2n) is 12.4. The number of hydrogen-bond donors (Lipinski definition) is 2. The molecule has 198 valence electrons. The van der Waals surface area contributed by atoms with Crippen LogP contribution in [-0.4, -0.2) is 50.5 Å². The normalized spacial score (nSPS) is 14.0. The van der Waals surface area contributed by atoms with Gasteiger partial charge in [-0.25, -0.2) is 0 Å². The number of rotatable bonds is 15. The van der Waals surface area contributed by atoms with Gasteiger partial charge < -0.3 is 20.1 Å². The Morgan fingerprint density at radius 3 is 2.09 bits per heavy atom. The zero-order valence-corrected chi connectivity index (χ0v) is 23.9. The largest absolute Gasteiger partial charge is 0.466 e. The third-order valence-corrected chi connectivity index (χ3v) is 6.35. The van der Waals surface area contributed by atoms with Crippen LogP contribution in [0.15, 0.2) is 12.1 Å². The van der Waals surface area contributed by atoms with Crippen LogP contribution in [0.4, 0.5) is 0 Å². The average molecular weight is 480 g/mol. The number of hydroxylamine groups is 1. The zero-order valence-electron chi connectivity index (χ0n) is 23.9. The smallest absolute Gasteiger partial charge is 0.207 e. The fourth-order valence-electron chi connectivity index (χ4n) is 3.67. The van der Waals surface area contributed by atoms with E-state index in [1.54, 1.807) is 0 Å². The maximum Gasteiger partial charge on any atom is 0.207 e. The van der Waals surface area contributed by atoms with E-state index in [0.717, 1.165) is 55.9 Å². The molecule has 0 aromatic heterocycles. The Bertz CT molecular complexity index is 741. The molecule has 1 aromatic rings. The fourth-order valence-corrected chi connectivity index (χ4v) is 3.67. The molecule has 1 aromatic carbocycles. The van der Waals surface area contributed by atoms with Gasteiger partial charge in [0.05, 0.1) is 11.7 Å². The molecular weight excluding hydrogens is 426 g/mol. The first kappa shape index (κ1) is 30.9. The Morgan fingerprint density at radius 1 is 0.941 bits per heavy atom. The van der Waals surface area contributed by atoms with E-state index in [1.165, 1.54) is 5.56 Å². The Morgan fingerprint density at radius 2 is 1.53 bits per heavy atom. The van der Waals surface area contributed by atoms with E-state index in [-0.39, 0.29) is 29.3 Å². The van der Waals surface area contributed by atoms with Crippen LogP contribution >= 0.6 is 0 Å². The standard InChI is InChI=1S/C28H53N3O3/c1-21-17-25(22(2)16-24(21)23(3)34-26(4,5)6)32-20-33-30-19-28(9,10)13-15-31(11)14-12-27(7,8)18-29/h16-17,23,30H,12-15,18-20,29H2,1-11H3. The number of ether oxygens (including phenoxy) is 2. The highest BCUT2D eigenvalue weighted by atomic mass is 16.8. The molecule has 1 atom stereocenters. The summed E-state index contributed by atoms with van der Waals surface area (Å²) in [6.07, 6.45) is 2.22. The summed E-state index contributed by atoms with van der Waals surface area (Å²) in [7, 11) is 2.19. The lowest BCUT2D eigenvalue weighted by atomic mass is 9.88. The van der Waals surface area contributed by atoms with E-state index in [4.69, 9.17) is 20.0 Å². The van der Waals surface area contributed by atoms with Gasteiger partial charge in [-0.05, 0) is 121 Å². The molecule has 0 bridgehead atoms. The summed E-state index contributed by atoms with van der Waals surface area (Å²) < 4.78 is 12.0. The van der Waals surface area contributed by atoms with E-state index in [2.05, 4.69) is 98.8 Å². The van der Waals surface area contributed by atoms with Gasteiger partial charge >= 0.3 is 0 Å². The zero-order chi connectivity index (χ0) is 26.2. The summed E-state index contributed by atoms with van der Waals surface area (Å²) >= 11 is 0. The minimum absolute atomic E-state index is 0.0269. The molecule has 0 aliphatic carbocycles. The lowest BCUT2D eigenvalue weighted by Gasteiger charge is -2.30. The first-order valence-electron chi connectivity index (χ1n) is 12.7. The first-order valence-corrected chi connectivity index (χ1v) is 12.7. The number of aryl methyl sites for hydroxylation is 2. The van der Waals surface area contributed by atoms with Gasteiger partial charge in [0.25, 0.3) is 0 Å². The average Bonchev–Trinajstić information content (AvgIpc) is 2.71. The van der Waals surface area contributed by atoms with Gasteiger partial charge in [0, 0.05) is 6.54 Å². The lowest BCUT2D eigenvalue weighted by Crippen LogP contribution is -2.35. The number of benzene rings is 1. The van der Waals surface area contributed by atoms with Gasteiger partial charge in [0.1, 0.15) is 5.75 Å².